The lowest BCUT2D eigenvalue weighted by Crippen LogP contribution is -2.45. The van der Waals surface area contributed by atoms with Gasteiger partial charge in [-0.3, -0.25) is 4.79 Å². The van der Waals surface area contributed by atoms with E-state index in [1.54, 1.807) is 24.3 Å². The maximum Gasteiger partial charge on any atom is 0.241 e. The van der Waals surface area contributed by atoms with E-state index in [1.165, 1.54) is 10.3 Å². The minimum atomic E-state index is -3.27. The van der Waals surface area contributed by atoms with Crippen LogP contribution in [0.5, 0.6) is 0 Å². The highest BCUT2D eigenvalue weighted by atomic mass is 35.5. The van der Waals surface area contributed by atoms with Gasteiger partial charge >= 0.3 is 0 Å². The van der Waals surface area contributed by atoms with Crippen molar-refractivity contribution in [3.05, 3.63) is 76.7 Å². The normalized spacial score (nSPS) is 19.0. The number of anilines is 1. The van der Waals surface area contributed by atoms with Gasteiger partial charge in [0.2, 0.25) is 5.91 Å². The number of hydrogen-bond acceptors (Lipinski definition) is 4. The summed E-state index contributed by atoms with van der Waals surface area (Å²) < 4.78 is 23.7. The summed E-state index contributed by atoms with van der Waals surface area (Å²) in [5, 5.41) is 5.00. The van der Waals surface area contributed by atoms with Gasteiger partial charge in [0.15, 0.2) is 9.84 Å². The third-order valence-electron chi connectivity index (χ3n) is 4.48. The van der Waals surface area contributed by atoms with Gasteiger partial charge in [-0.2, -0.15) is 0 Å². The quantitative estimate of drug-likeness (QED) is 0.801. The fourth-order valence-corrected chi connectivity index (χ4v) is 4.66. The highest BCUT2D eigenvalue weighted by Gasteiger charge is 2.31. The Bertz CT molecular complexity index is 945. The minimum absolute atomic E-state index is 0.0612. The minimum Gasteiger partial charge on any atom is -0.303 e. The SMILES string of the molecule is C[C@@H](NCC(=O)N(c1ccccc1)[C@H]1C=CS(=O)(=O)C1)c1ccccc1Cl. The average molecular weight is 405 g/mol. The largest absolute Gasteiger partial charge is 0.303 e. The monoisotopic (exact) mass is 404 g/mol. The van der Waals surface area contributed by atoms with Crippen LogP contribution in [-0.2, 0) is 14.6 Å². The molecule has 0 bridgehead atoms. The van der Waals surface area contributed by atoms with Crippen LogP contribution in [0.4, 0.5) is 5.69 Å². The second kappa shape index (κ2) is 8.25. The smallest absolute Gasteiger partial charge is 0.241 e. The van der Waals surface area contributed by atoms with Crippen LogP contribution in [0.25, 0.3) is 0 Å². The molecule has 2 atom stereocenters. The van der Waals surface area contributed by atoms with Crippen molar-refractivity contribution in [2.24, 2.45) is 0 Å². The number of halogens is 1. The number of carbonyl (C=O) groups is 1. The van der Waals surface area contributed by atoms with Crippen molar-refractivity contribution in [3.63, 3.8) is 0 Å². The maximum atomic E-state index is 13.0. The van der Waals surface area contributed by atoms with E-state index in [-0.39, 0.29) is 24.2 Å². The Kier molecular flexibility index (Phi) is 5.99. The van der Waals surface area contributed by atoms with Gasteiger partial charge in [0.1, 0.15) is 0 Å². The van der Waals surface area contributed by atoms with Gasteiger partial charge in [-0.25, -0.2) is 8.42 Å². The van der Waals surface area contributed by atoms with E-state index >= 15 is 0 Å². The van der Waals surface area contributed by atoms with Crippen LogP contribution in [-0.4, -0.2) is 32.7 Å². The maximum absolute atomic E-state index is 13.0. The van der Waals surface area contributed by atoms with Crippen molar-refractivity contribution < 1.29 is 13.2 Å². The first-order chi connectivity index (χ1) is 12.9. The predicted molar refractivity (Wildman–Crippen MR) is 109 cm³/mol. The fourth-order valence-electron chi connectivity index (χ4n) is 3.09. The third kappa shape index (κ3) is 4.77. The second-order valence-corrected chi connectivity index (χ2v) is 8.79. The molecule has 0 aromatic heterocycles. The molecule has 0 radical (unpaired) electrons. The zero-order chi connectivity index (χ0) is 19.4. The van der Waals surface area contributed by atoms with Crippen LogP contribution in [0.1, 0.15) is 18.5 Å². The molecule has 0 unspecified atom stereocenters. The molecule has 5 nitrogen and oxygen atoms in total. The Balaban J connectivity index is 1.76. The van der Waals surface area contributed by atoms with Crippen molar-refractivity contribution in [3.8, 4) is 0 Å². The van der Waals surface area contributed by atoms with E-state index in [9.17, 15) is 13.2 Å². The number of carbonyl (C=O) groups excluding carboxylic acids is 1. The highest BCUT2D eigenvalue weighted by Crippen LogP contribution is 2.24. The topological polar surface area (TPSA) is 66.5 Å². The van der Waals surface area contributed by atoms with E-state index < -0.39 is 15.9 Å². The third-order valence-corrected chi connectivity index (χ3v) is 6.20. The van der Waals surface area contributed by atoms with Crippen LogP contribution in [0.3, 0.4) is 0 Å². The molecule has 0 aliphatic carbocycles. The van der Waals surface area contributed by atoms with Crippen LogP contribution in [0, 0.1) is 0 Å². The summed E-state index contributed by atoms with van der Waals surface area (Å²) in [6.45, 7) is 1.99. The summed E-state index contributed by atoms with van der Waals surface area (Å²) in [6.07, 6.45) is 1.57. The van der Waals surface area contributed by atoms with Crippen molar-refractivity contribution in [2.75, 3.05) is 17.2 Å². The Morgan fingerprint density at radius 3 is 2.48 bits per heavy atom. The van der Waals surface area contributed by atoms with E-state index in [2.05, 4.69) is 5.32 Å². The Labute approximate surface area is 164 Å². The number of benzene rings is 2. The molecule has 7 heteroatoms. The van der Waals surface area contributed by atoms with Gasteiger partial charge in [-0.05, 0) is 36.8 Å². The molecule has 3 rings (SSSR count). The van der Waals surface area contributed by atoms with E-state index in [0.717, 1.165) is 5.56 Å². The lowest BCUT2D eigenvalue weighted by molar-refractivity contribution is -0.118. The van der Waals surface area contributed by atoms with Crippen molar-refractivity contribution >= 4 is 33.0 Å². The lowest BCUT2D eigenvalue weighted by atomic mass is 10.1. The molecule has 0 fully saturated rings. The molecular formula is C20H21ClN2O3S. The van der Waals surface area contributed by atoms with Crippen molar-refractivity contribution in [2.45, 2.75) is 19.0 Å². The molecule has 0 saturated carbocycles. The van der Waals surface area contributed by atoms with E-state index in [1.807, 2.05) is 43.3 Å². The van der Waals surface area contributed by atoms with Gasteiger partial charge in [0, 0.05) is 22.2 Å². The van der Waals surface area contributed by atoms with Gasteiger partial charge in [0.25, 0.3) is 0 Å². The standard InChI is InChI=1S/C20H21ClN2O3S/c1-15(18-9-5-6-10-19(18)21)22-13-20(24)23(16-7-3-2-4-8-16)17-11-12-27(25,26)14-17/h2-12,15,17,22H,13-14H2,1H3/t15-,17+/m1/s1. The molecule has 142 valence electrons. The molecule has 2 aromatic rings. The number of nitrogens with one attached hydrogen (secondary N) is 1. The predicted octanol–water partition coefficient (Wildman–Crippen LogP) is 3.33. The average Bonchev–Trinajstić information content (AvgIpc) is 3.00. The van der Waals surface area contributed by atoms with Gasteiger partial charge < -0.3 is 10.2 Å². The summed E-state index contributed by atoms with van der Waals surface area (Å²) in [5.74, 6) is -0.305. The van der Waals surface area contributed by atoms with E-state index in [4.69, 9.17) is 11.6 Å². The first-order valence-corrected chi connectivity index (χ1v) is 10.7. The van der Waals surface area contributed by atoms with Crippen LogP contribution < -0.4 is 10.2 Å². The molecule has 0 spiro atoms. The summed E-state index contributed by atoms with van der Waals surface area (Å²) in [5.41, 5.74) is 1.57. The lowest BCUT2D eigenvalue weighted by Gasteiger charge is -2.28. The Morgan fingerprint density at radius 2 is 1.85 bits per heavy atom. The highest BCUT2D eigenvalue weighted by molar-refractivity contribution is 7.94. The van der Waals surface area contributed by atoms with Crippen LogP contribution in [0.15, 0.2) is 66.1 Å². The van der Waals surface area contributed by atoms with Crippen molar-refractivity contribution in [1.29, 1.82) is 0 Å². The molecule has 2 aromatic carbocycles. The summed E-state index contributed by atoms with van der Waals surface area (Å²) >= 11 is 6.22. The molecule has 0 saturated heterocycles. The first-order valence-electron chi connectivity index (χ1n) is 8.63. The molecule has 1 aliphatic rings. The molecular weight excluding hydrogens is 384 g/mol. The number of amides is 1. The number of rotatable bonds is 6. The van der Waals surface area contributed by atoms with Crippen molar-refractivity contribution in [1.82, 2.24) is 5.32 Å². The number of nitrogens with zero attached hydrogens (tertiary/aromatic N) is 1. The summed E-state index contributed by atoms with van der Waals surface area (Å²) in [7, 11) is -3.27. The molecule has 27 heavy (non-hydrogen) atoms. The molecule has 1 amide bonds. The number of sulfone groups is 1. The van der Waals surface area contributed by atoms with Gasteiger partial charge in [0.05, 0.1) is 18.3 Å². The molecule has 1 aliphatic heterocycles. The van der Waals surface area contributed by atoms with Gasteiger partial charge in [-0.1, -0.05) is 48.0 Å². The van der Waals surface area contributed by atoms with Crippen LogP contribution in [0.2, 0.25) is 5.02 Å². The number of para-hydroxylation sites is 1. The first kappa shape index (κ1) is 19.6. The Morgan fingerprint density at radius 1 is 1.19 bits per heavy atom. The second-order valence-electron chi connectivity index (χ2n) is 6.45. The molecule has 1 N–H and O–H groups in total. The van der Waals surface area contributed by atoms with Crippen LogP contribution >= 0.6 is 11.6 Å². The summed E-state index contributed by atoms with van der Waals surface area (Å²) in [6, 6.07) is 15.9. The van der Waals surface area contributed by atoms with Gasteiger partial charge in [-0.15, -0.1) is 0 Å². The Hall–Kier alpha value is -2.15. The fraction of sp³-hybridized carbons (Fsp3) is 0.250. The zero-order valence-corrected chi connectivity index (χ0v) is 16.5. The molecule has 1 heterocycles. The summed E-state index contributed by atoms with van der Waals surface area (Å²) in [4.78, 5) is 14.5. The number of hydrogen-bond donors (Lipinski definition) is 1. The zero-order valence-electron chi connectivity index (χ0n) is 14.9. The van der Waals surface area contributed by atoms with E-state index in [0.29, 0.717) is 10.7 Å².